The maximum Gasteiger partial charge on any atom is 0.120 e. The first kappa shape index (κ1) is 14.4. The van der Waals surface area contributed by atoms with Gasteiger partial charge < -0.3 is 15.2 Å². The Labute approximate surface area is 116 Å². The second-order valence-corrected chi connectivity index (χ2v) is 5.47. The predicted molar refractivity (Wildman–Crippen MR) is 77.2 cm³/mol. The molecule has 1 aromatic rings. The van der Waals surface area contributed by atoms with E-state index >= 15 is 0 Å². The molecule has 1 aromatic carbocycles. The third kappa shape index (κ3) is 2.63. The van der Waals surface area contributed by atoms with Crippen LogP contribution in [-0.2, 0) is 11.3 Å². The maximum atomic E-state index is 6.20. The summed E-state index contributed by atoms with van der Waals surface area (Å²) in [6.45, 7) is 5.04. The molecule has 106 valence electrons. The first-order valence-corrected chi connectivity index (χ1v) is 7.16. The number of rotatable bonds is 6. The van der Waals surface area contributed by atoms with Crippen LogP contribution in [-0.4, -0.2) is 19.3 Å². The van der Waals surface area contributed by atoms with Gasteiger partial charge in [0.1, 0.15) is 11.9 Å². The van der Waals surface area contributed by atoms with Gasteiger partial charge in [-0.05, 0) is 30.5 Å². The summed E-state index contributed by atoms with van der Waals surface area (Å²) >= 11 is 0. The lowest BCUT2D eigenvalue weighted by molar-refractivity contribution is -0.0723. The molecule has 2 N–H and O–H groups in total. The summed E-state index contributed by atoms with van der Waals surface area (Å²) in [7, 11) is 1.71. The summed E-state index contributed by atoms with van der Waals surface area (Å²) in [5.74, 6) is 0.928. The molecule has 1 fully saturated rings. The SMILES string of the molecule is CCC1(CC)C(N)CC1Oc1cccc(COC)c1. The highest BCUT2D eigenvalue weighted by molar-refractivity contribution is 5.29. The molecule has 19 heavy (non-hydrogen) atoms. The Bertz CT molecular complexity index is 415. The standard InChI is InChI=1S/C16H25NO2/c1-4-16(5-2)14(17)10-15(16)19-13-8-6-7-12(9-13)11-18-3/h6-9,14-15H,4-5,10-11,17H2,1-3H3. The number of ether oxygens (including phenoxy) is 2. The maximum absolute atomic E-state index is 6.20. The van der Waals surface area contributed by atoms with Gasteiger partial charge in [0.05, 0.1) is 6.61 Å². The molecule has 1 saturated carbocycles. The Hall–Kier alpha value is -1.06. The molecule has 0 bridgehead atoms. The van der Waals surface area contributed by atoms with Gasteiger partial charge in [-0.3, -0.25) is 0 Å². The quantitative estimate of drug-likeness (QED) is 0.857. The van der Waals surface area contributed by atoms with Gasteiger partial charge in [0.25, 0.3) is 0 Å². The number of benzene rings is 1. The predicted octanol–water partition coefficient (Wildman–Crippen LogP) is 3.12. The molecular weight excluding hydrogens is 238 g/mol. The Morgan fingerprint density at radius 3 is 2.63 bits per heavy atom. The zero-order valence-electron chi connectivity index (χ0n) is 12.2. The molecule has 1 aliphatic carbocycles. The van der Waals surface area contributed by atoms with Gasteiger partial charge in [0.2, 0.25) is 0 Å². The van der Waals surface area contributed by atoms with Gasteiger partial charge in [-0.25, -0.2) is 0 Å². The monoisotopic (exact) mass is 263 g/mol. The molecular formula is C16H25NO2. The van der Waals surface area contributed by atoms with E-state index in [2.05, 4.69) is 26.0 Å². The van der Waals surface area contributed by atoms with Crippen LogP contribution in [0.25, 0.3) is 0 Å². The van der Waals surface area contributed by atoms with Crippen LogP contribution in [0, 0.1) is 5.41 Å². The van der Waals surface area contributed by atoms with E-state index in [1.807, 2.05) is 12.1 Å². The fourth-order valence-electron chi connectivity index (χ4n) is 3.21. The van der Waals surface area contributed by atoms with Crippen LogP contribution < -0.4 is 10.5 Å². The van der Waals surface area contributed by atoms with Gasteiger partial charge in [-0.2, -0.15) is 0 Å². The first-order valence-electron chi connectivity index (χ1n) is 7.16. The lowest BCUT2D eigenvalue weighted by atomic mass is 9.59. The Kier molecular flexibility index (Phi) is 4.48. The molecule has 0 aromatic heterocycles. The van der Waals surface area contributed by atoms with Crippen molar-refractivity contribution in [2.24, 2.45) is 11.1 Å². The number of hydrogen-bond donors (Lipinski definition) is 1. The van der Waals surface area contributed by atoms with Gasteiger partial charge in [0, 0.05) is 25.0 Å². The zero-order valence-corrected chi connectivity index (χ0v) is 12.2. The Morgan fingerprint density at radius 1 is 1.32 bits per heavy atom. The van der Waals surface area contributed by atoms with E-state index in [1.165, 1.54) is 0 Å². The van der Waals surface area contributed by atoms with E-state index in [0.717, 1.165) is 30.6 Å². The van der Waals surface area contributed by atoms with Crippen molar-refractivity contribution < 1.29 is 9.47 Å². The molecule has 2 atom stereocenters. The van der Waals surface area contributed by atoms with Crippen molar-refractivity contribution in [3.8, 4) is 5.75 Å². The van der Waals surface area contributed by atoms with Crippen LogP contribution in [0.5, 0.6) is 5.75 Å². The molecule has 0 radical (unpaired) electrons. The second-order valence-electron chi connectivity index (χ2n) is 5.47. The molecule has 2 rings (SSSR count). The van der Waals surface area contributed by atoms with E-state index in [4.69, 9.17) is 15.2 Å². The average molecular weight is 263 g/mol. The molecule has 0 saturated heterocycles. The minimum atomic E-state index is 0.150. The summed E-state index contributed by atoms with van der Waals surface area (Å²) in [6.07, 6.45) is 3.35. The lowest BCUT2D eigenvalue weighted by Crippen LogP contribution is -2.62. The van der Waals surface area contributed by atoms with Crippen molar-refractivity contribution in [3.05, 3.63) is 29.8 Å². The van der Waals surface area contributed by atoms with Crippen LogP contribution in [0.1, 0.15) is 38.7 Å². The number of methoxy groups -OCH3 is 1. The molecule has 0 amide bonds. The highest BCUT2D eigenvalue weighted by Gasteiger charge is 2.52. The highest BCUT2D eigenvalue weighted by Crippen LogP contribution is 2.47. The molecule has 0 aliphatic heterocycles. The van der Waals surface area contributed by atoms with E-state index in [9.17, 15) is 0 Å². The summed E-state index contributed by atoms with van der Waals surface area (Å²) in [4.78, 5) is 0. The zero-order chi connectivity index (χ0) is 13.9. The molecule has 1 aliphatic rings. The van der Waals surface area contributed by atoms with Gasteiger partial charge >= 0.3 is 0 Å². The van der Waals surface area contributed by atoms with Crippen LogP contribution in [0.2, 0.25) is 0 Å². The smallest absolute Gasteiger partial charge is 0.120 e. The number of hydrogen-bond acceptors (Lipinski definition) is 3. The summed E-state index contributed by atoms with van der Waals surface area (Å²) in [6, 6.07) is 8.41. The van der Waals surface area contributed by atoms with Crippen LogP contribution in [0.4, 0.5) is 0 Å². The minimum Gasteiger partial charge on any atom is -0.490 e. The highest BCUT2D eigenvalue weighted by atomic mass is 16.5. The summed E-state index contributed by atoms with van der Waals surface area (Å²) in [5, 5.41) is 0. The van der Waals surface area contributed by atoms with Crippen molar-refractivity contribution in [1.82, 2.24) is 0 Å². The molecule has 0 heterocycles. The van der Waals surface area contributed by atoms with Crippen LogP contribution >= 0.6 is 0 Å². The van der Waals surface area contributed by atoms with Crippen molar-refractivity contribution in [1.29, 1.82) is 0 Å². The lowest BCUT2D eigenvalue weighted by Gasteiger charge is -2.53. The van der Waals surface area contributed by atoms with Crippen molar-refractivity contribution >= 4 is 0 Å². The number of nitrogens with two attached hydrogens (primary N) is 1. The van der Waals surface area contributed by atoms with E-state index in [-0.39, 0.29) is 17.6 Å². The van der Waals surface area contributed by atoms with Gasteiger partial charge in [-0.15, -0.1) is 0 Å². The van der Waals surface area contributed by atoms with Crippen LogP contribution in [0.3, 0.4) is 0 Å². The molecule has 2 unspecified atom stereocenters. The van der Waals surface area contributed by atoms with Crippen molar-refractivity contribution in [3.63, 3.8) is 0 Å². The molecule has 0 spiro atoms. The fraction of sp³-hybridized carbons (Fsp3) is 0.625. The van der Waals surface area contributed by atoms with E-state index in [1.54, 1.807) is 7.11 Å². The Balaban J connectivity index is 2.07. The van der Waals surface area contributed by atoms with Crippen molar-refractivity contribution in [2.75, 3.05) is 7.11 Å². The van der Waals surface area contributed by atoms with E-state index < -0.39 is 0 Å². The topological polar surface area (TPSA) is 44.5 Å². The molecule has 3 heteroatoms. The normalized spacial score (nSPS) is 24.8. The first-order chi connectivity index (χ1) is 9.16. The third-order valence-electron chi connectivity index (χ3n) is 4.65. The second kappa shape index (κ2) is 5.93. The summed E-state index contributed by atoms with van der Waals surface area (Å²) < 4.78 is 11.3. The summed E-state index contributed by atoms with van der Waals surface area (Å²) in [5.41, 5.74) is 7.49. The van der Waals surface area contributed by atoms with E-state index in [0.29, 0.717) is 6.61 Å². The largest absolute Gasteiger partial charge is 0.490 e. The van der Waals surface area contributed by atoms with Gasteiger partial charge in [0.15, 0.2) is 0 Å². The third-order valence-corrected chi connectivity index (χ3v) is 4.65. The van der Waals surface area contributed by atoms with Crippen LogP contribution in [0.15, 0.2) is 24.3 Å². The fourth-order valence-corrected chi connectivity index (χ4v) is 3.21. The Morgan fingerprint density at radius 2 is 2.05 bits per heavy atom. The van der Waals surface area contributed by atoms with Crippen molar-refractivity contribution in [2.45, 2.75) is 51.9 Å². The minimum absolute atomic E-state index is 0.150. The van der Waals surface area contributed by atoms with Gasteiger partial charge in [-0.1, -0.05) is 26.0 Å². The molecule has 3 nitrogen and oxygen atoms in total. The average Bonchev–Trinajstić information content (AvgIpc) is 2.41.